The Balaban J connectivity index is 5.21. The quantitative estimate of drug-likeness (QED) is 0.459. The molecule has 0 saturated heterocycles. The third-order valence-electron chi connectivity index (χ3n) is 2.16. The summed E-state index contributed by atoms with van der Waals surface area (Å²) >= 11 is 0. The molecule has 0 bridgehead atoms. The summed E-state index contributed by atoms with van der Waals surface area (Å²) < 4.78 is 10.2. The van der Waals surface area contributed by atoms with Gasteiger partial charge in [0.1, 0.15) is 5.60 Å². The highest BCUT2D eigenvalue weighted by Crippen LogP contribution is 2.25. The second kappa shape index (κ2) is 5.42. The van der Waals surface area contributed by atoms with Crippen LogP contribution in [0.15, 0.2) is 0 Å². The molecular formula is C14H26O6. The Labute approximate surface area is 120 Å². The van der Waals surface area contributed by atoms with Crippen LogP contribution in [-0.2, 0) is 19.1 Å². The summed E-state index contributed by atoms with van der Waals surface area (Å²) in [6.45, 7) is 11.8. The Kier molecular flexibility index (Phi) is 5.16. The Morgan fingerprint density at radius 2 is 1.20 bits per heavy atom. The second-order valence-corrected chi connectivity index (χ2v) is 7.10. The topological polar surface area (TPSA) is 93.1 Å². The van der Waals surface area contributed by atoms with E-state index in [1.54, 1.807) is 41.5 Å². The Bertz CT molecular complexity index is 381. The van der Waals surface area contributed by atoms with Gasteiger partial charge in [-0.25, -0.2) is 4.79 Å². The summed E-state index contributed by atoms with van der Waals surface area (Å²) in [5.41, 5.74) is -4.19. The third kappa shape index (κ3) is 5.56. The maximum Gasteiger partial charge on any atom is 0.346 e. The van der Waals surface area contributed by atoms with Crippen LogP contribution < -0.4 is 0 Å². The van der Waals surface area contributed by atoms with Crippen LogP contribution in [0.4, 0.5) is 0 Å². The molecule has 0 fully saturated rings. The molecule has 0 spiro atoms. The first kappa shape index (κ1) is 19.0. The first-order valence-corrected chi connectivity index (χ1v) is 6.42. The first-order valence-electron chi connectivity index (χ1n) is 6.42. The highest BCUT2D eigenvalue weighted by atomic mass is 16.6. The molecule has 0 aromatic rings. The molecular weight excluding hydrogens is 264 g/mol. The highest BCUT2D eigenvalue weighted by Gasteiger charge is 2.52. The molecule has 6 nitrogen and oxygen atoms in total. The lowest BCUT2D eigenvalue weighted by atomic mass is 9.94. The predicted molar refractivity (Wildman–Crippen MR) is 72.9 cm³/mol. The molecule has 0 saturated carbocycles. The van der Waals surface area contributed by atoms with Crippen molar-refractivity contribution in [1.29, 1.82) is 0 Å². The maximum atomic E-state index is 12.2. The summed E-state index contributed by atoms with van der Waals surface area (Å²) in [7, 11) is 0. The highest BCUT2D eigenvalue weighted by molar-refractivity contribution is 6.09. The van der Waals surface area contributed by atoms with Gasteiger partial charge in [-0.1, -0.05) is 0 Å². The fraction of sp³-hybridized carbons (Fsp3) is 0.857. The zero-order valence-electron chi connectivity index (χ0n) is 13.5. The molecule has 2 N–H and O–H groups in total. The van der Waals surface area contributed by atoms with Gasteiger partial charge in [-0.2, -0.15) is 0 Å². The van der Waals surface area contributed by atoms with Crippen molar-refractivity contribution in [2.24, 2.45) is 0 Å². The molecule has 20 heavy (non-hydrogen) atoms. The van der Waals surface area contributed by atoms with Crippen LogP contribution in [0, 0.1) is 0 Å². The molecule has 0 aliphatic rings. The zero-order chi connectivity index (χ0) is 16.6. The second-order valence-electron chi connectivity index (χ2n) is 7.10. The summed E-state index contributed by atoms with van der Waals surface area (Å²) in [6, 6.07) is 0. The van der Waals surface area contributed by atoms with Gasteiger partial charge in [0.15, 0.2) is 0 Å². The lowest BCUT2D eigenvalue weighted by molar-refractivity contribution is -0.244. The lowest BCUT2D eigenvalue weighted by Gasteiger charge is -2.35. The summed E-state index contributed by atoms with van der Waals surface area (Å²) in [6.07, 6.45) is 0. The number of rotatable bonds is 4. The molecule has 0 aliphatic heterocycles. The van der Waals surface area contributed by atoms with Crippen molar-refractivity contribution in [3.8, 4) is 0 Å². The van der Waals surface area contributed by atoms with Crippen molar-refractivity contribution < 1.29 is 29.3 Å². The number of ketones is 1. The Hall–Kier alpha value is -0.980. The van der Waals surface area contributed by atoms with Gasteiger partial charge in [0, 0.05) is 0 Å². The van der Waals surface area contributed by atoms with E-state index in [1.807, 2.05) is 0 Å². The maximum absolute atomic E-state index is 12.2. The molecule has 2 atom stereocenters. The van der Waals surface area contributed by atoms with Crippen LogP contribution in [0.2, 0.25) is 0 Å². The van der Waals surface area contributed by atoms with E-state index in [4.69, 9.17) is 9.47 Å². The monoisotopic (exact) mass is 290 g/mol. The molecule has 0 radical (unpaired) electrons. The molecule has 0 aliphatic carbocycles. The minimum Gasteiger partial charge on any atom is -0.457 e. The normalized spacial score (nSPS) is 18.9. The number of esters is 1. The molecule has 6 heteroatoms. The van der Waals surface area contributed by atoms with Gasteiger partial charge in [-0.05, 0) is 55.4 Å². The van der Waals surface area contributed by atoms with Crippen molar-refractivity contribution in [3.05, 3.63) is 0 Å². The molecule has 0 aromatic heterocycles. The molecule has 2 unspecified atom stereocenters. The van der Waals surface area contributed by atoms with E-state index < -0.39 is 34.3 Å². The van der Waals surface area contributed by atoms with Crippen LogP contribution in [0.25, 0.3) is 0 Å². The minimum absolute atomic E-state index is 0.830. The average molecular weight is 290 g/mol. The van der Waals surface area contributed by atoms with Crippen molar-refractivity contribution in [2.45, 2.75) is 78.0 Å². The minimum atomic E-state index is -2.50. The van der Waals surface area contributed by atoms with E-state index in [0.717, 1.165) is 13.8 Å². The zero-order valence-corrected chi connectivity index (χ0v) is 13.5. The molecule has 0 amide bonds. The van der Waals surface area contributed by atoms with Gasteiger partial charge >= 0.3 is 5.97 Å². The molecule has 0 aromatic carbocycles. The standard InChI is InChI=1S/C14H26O6/c1-11(2,3)19-10(16)13(7,17)9(15)14(8,18)20-12(4,5)6/h17-18H,1-8H3. The van der Waals surface area contributed by atoms with Gasteiger partial charge in [0.25, 0.3) is 0 Å². The summed E-state index contributed by atoms with van der Waals surface area (Å²) in [4.78, 5) is 24.0. The number of ether oxygens (including phenoxy) is 2. The fourth-order valence-corrected chi connectivity index (χ4v) is 1.56. The van der Waals surface area contributed by atoms with Gasteiger partial charge in [0.05, 0.1) is 5.60 Å². The van der Waals surface area contributed by atoms with Gasteiger partial charge < -0.3 is 19.7 Å². The van der Waals surface area contributed by atoms with Crippen LogP contribution in [0.3, 0.4) is 0 Å². The average Bonchev–Trinajstić information content (AvgIpc) is 2.09. The number of carbonyl (C=O) groups is 2. The van der Waals surface area contributed by atoms with Gasteiger partial charge in [0.2, 0.25) is 17.2 Å². The van der Waals surface area contributed by atoms with Crippen molar-refractivity contribution >= 4 is 11.8 Å². The summed E-state index contributed by atoms with van der Waals surface area (Å²) in [5.74, 6) is -4.61. The van der Waals surface area contributed by atoms with Crippen LogP contribution in [0.5, 0.6) is 0 Å². The number of hydrogen-bond donors (Lipinski definition) is 2. The van der Waals surface area contributed by atoms with E-state index in [1.165, 1.54) is 0 Å². The fourth-order valence-electron chi connectivity index (χ4n) is 1.56. The lowest BCUT2D eigenvalue weighted by Crippen LogP contribution is -2.58. The molecule has 0 rings (SSSR count). The number of carbonyl (C=O) groups excluding carboxylic acids is 2. The largest absolute Gasteiger partial charge is 0.457 e. The van der Waals surface area contributed by atoms with E-state index in [2.05, 4.69) is 0 Å². The molecule has 118 valence electrons. The van der Waals surface area contributed by atoms with E-state index in [9.17, 15) is 19.8 Å². The first-order chi connectivity index (χ1) is 8.49. The van der Waals surface area contributed by atoms with E-state index in [-0.39, 0.29) is 0 Å². The van der Waals surface area contributed by atoms with Crippen molar-refractivity contribution in [2.75, 3.05) is 0 Å². The Morgan fingerprint density at radius 3 is 1.50 bits per heavy atom. The van der Waals surface area contributed by atoms with Gasteiger partial charge in [-0.15, -0.1) is 0 Å². The van der Waals surface area contributed by atoms with Gasteiger partial charge in [-0.3, -0.25) is 4.79 Å². The van der Waals surface area contributed by atoms with Crippen molar-refractivity contribution in [3.63, 3.8) is 0 Å². The van der Waals surface area contributed by atoms with Crippen LogP contribution in [0.1, 0.15) is 55.4 Å². The smallest absolute Gasteiger partial charge is 0.346 e. The number of aliphatic hydroxyl groups is 2. The molecule has 0 heterocycles. The number of Topliss-reactive ketones (excluding diaryl/α,β-unsaturated/α-hetero) is 1. The summed E-state index contributed by atoms with van der Waals surface area (Å²) in [5, 5.41) is 20.1. The van der Waals surface area contributed by atoms with Crippen LogP contribution in [-0.4, -0.2) is 44.6 Å². The van der Waals surface area contributed by atoms with E-state index >= 15 is 0 Å². The predicted octanol–water partition coefficient (Wildman–Crippen LogP) is 1.17. The van der Waals surface area contributed by atoms with Crippen molar-refractivity contribution in [1.82, 2.24) is 0 Å². The SMILES string of the molecule is CC(C)(C)OC(=O)C(C)(O)C(=O)C(C)(O)OC(C)(C)C. The third-order valence-corrected chi connectivity index (χ3v) is 2.16. The van der Waals surface area contributed by atoms with Crippen LogP contribution >= 0.6 is 0 Å². The number of hydrogen-bond acceptors (Lipinski definition) is 6. The van der Waals surface area contributed by atoms with E-state index in [0.29, 0.717) is 0 Å². The Morgan fingerprint density at radius 1 is 0.800 bits per heavy atom.